The van der Waals surface area contributed by atoms with E-state index in [2.05, 4.69) is 20.5 Å². The first kappa shape index (κ1) is 19.3. The summed E-state index contributed by atoms with van der Waals surface area (Å²) in [4.78, 5) is 19.1. The van der Waals surface area contributed by atoms with Crippen molar-refractivity contribution < 1.29 is 4.79 Å². The van der Waals surface area contributed by atoms with Gasteiger partial charge in [0.25, 0.3) is 5.91 Å². The number of halogens is 2. The highest BCUT2D eigenvalue weighted by Gasteiger charge is 2.15. The Hall–Kier alpha value is -1.98. The number of amides is 1. The van der Waals surface area contributed by atoms with Crippen LogP contribution in [0.2, 0.25) is 0 Å². The van der Waals surface area contributed by atoms with E-state index in [9.17, 15) is 4.79 Å². The van der Waals surface area contributed by atoms with Crippen LogP contribution in [0.4, 0.5) is 17.2 Å². The third-order valence-corrected chi connectivity index (χ3v) is 4.51. The predicted octanol–water partition coefficient (Wildman–Crippen LogP) is 3.75. The zero-order valence-corrected chi connectivity index (χ0v) is 15.5. The number of hydrogen-bond donors (Lipinski definition) is 2. The molecule has 5 nitrogen and oxygen atoms in total. The Kier molecular flexibility index (Phi) is 6.51. The van der Waals surface area contributed by atoms with Crippen LogP contribution < -0.4 is 15.5 Å². The first-order valence-electron chi connectivity index (χ1n) is 8.19. The van der Waals surface area contributed by atoms with Gasteiger partial charge in [-0.1, -0.05) is 0 Å². The lowest BCUT2D eigenvalue weighted by molar-refractivity contribution is 0.102. The van der Waals surface area contributed by atoms with E-state index in [1.807, 2.05) is 30.3 Å². The van der Waals surface area contributed by atoms with Crippen LogP contribution in [-0.4, -0.2) is 30.5 Å². The van der Waals surface area contributed by atoms with Gasteiger partial charge in [0.2, 0.25) is 0 Å². The van der Waals surface area contributed by atoms with Crippen LogP contribution in [0.5, 0.6) is 0 Å². The number of aromatic nitrogens is 1. The molecule has 2 aliphatic rings. The summed E-state index contributed by atoms with van der Waals surface area (Å²) in [7, 11) is 0. The summed E-state index contributed by atoms with van der Waals surface area (Å²) >= 11 is 0. The normalized spacial score (nSPS) is 14.8. The fraction of sp³-hybridized carbons (Fsp3) is 0.333. The van der Waals surface area contributed by atoms with Gasteiger partial charge in [-0.2, -0.15) is 0 Å². The number of carbonyl (C=O) groups is 1. The number of carbonyl (C=O) groups excluding carboxylic acids is 1. The van der Waals surface area contributed by atoms with E-state index in [1.165, 1.54) is 18.4 Å². The number of fused-ring (bicyclic) bond motifs is 1. The largest absolute Gasteiger partial charge is 0.384 e. The van der Waals surface area contributed by atoms with Gasteiger partial charge in [0.15, 0.2) is 0 Å². The summed E-state index contributed by atoms with van der Waals surface area (Å²) in [6.07, 6.45) is 5.17. The highest BCUT2D eigenvalue weighted by atomic mass is 35.5. The number of anilines is 3. The van der Waals surface area contributed by atoms with Crippen molar-refractivity contribution >= 4 is 47.9 Å². The van der Waals surface area contributed by atoms with Crippen LogP contribution in [0.15, 0.2) is 36.5 Å². The molecule has 1 fully saturated rings. The molecule has 25 heavy (non-hydrogen) atoms. The molecule has 134 valence electrons. The number of pyridine rings is 1. The van der Waals surface area contributed by atoms with Gasteiger partial charge in [0, 0.05) is 30.9 Å². The van der Waals surface area contributed by atoms with Gasteiger partial charge in [0.1, 0.15) is 5.82 Å². The minimum Gasteiger partial charge on any atom is -0.384 e. The number of benzene rings is 1. The van der Waals surface area contributed by atoms with Crippen molar-refractivity contribution in [1.82, 2.24) is 4.98 Å². The van der Waals surface area contributed by atoms with E-state index < -0.39 is 0 Å². The topological polar surface area (TPSA) is 57.3 Å². The fourth-order valence-corrected chi connectivity index (χ4v) is 3.24. The van der Waals surface area contributed by atoms with Crippen molar-refractivity contribution in [3.8, 4) is 0 Å². The highest BCUT2D eigenvalue weighted by Crippen LogP contribution is 2.24. The summed E-state index contributed by atoms with van der Waals surface area (Å²) in [6, 6.07) is 9.71. The van der Waals surface area contributed by atoms with Crippen LogP contribution >= 0.6 is 24.8 Å². The Labute approximate surface area is 160 Å². The molecule has 0 radical (unpaired) electrons. The second-order valence-corrected chi connectivity index (χ2v) is 6.10. The van der Waals surface area contributed by atoms with Gasteiger partial charge in [-0.3, -0.25) is 4.79 Å². The summed E-state index contributed by atoms with van der Waals surface area (Å²) in [5, 5.41) is 6.23. The minimum absolute atomic E-state index is 0. The molecule has 2 aliphatic heterocycles. The number of hydrogen-bond acceptors (Lipinski definition) is 4. The average molecular weight is 381 g/mol. The van der Waals surface area contributed by atoms with Crippen LogP contribution in [0.3, 0.4) is 0 Å². The van der Waals surface area contributed by atoms with E-state index in [-0.39, 0.29) is 30.7 Å². The molecule has 1 amide bonds. The molecule has 3 heterocycles. The van der Waals surface area contributed by atoms with Crippen molar-refractivity contribution in [1.29, 1.82) is 0 Å². The molecule has 1 aromatic heterocycles. The number of rotatable bonds is 3. The van der Waals surface area contributed by atoms with Gasteiger partial charge in [0.05, 0.1) is 11.9 Å². The van der Waals surface area contributed by atoms with Crippen LogP contribution in [0.25, 0.3) is 0 Å². The maximum atomic E-state index is 12.4. The van der Waals surface area contributed by atoms with Crippen LogP contribution in [0, 0.1) is 0 Å². The van der Waals surface area contributed by atoms with Crippen LogP contribution in [0.1, 0.15) is 28.8 Å². The Balaban J connectivity index is 0.00000113. The van der Waals surface area contributed by atoms with Crippen LogP contribution in [-0.2, 0) is 6.42 Å². The van der Waals surface area contributed by atoms with Gasteiger partial charge < -0.3 is 15.5 Å². The quantitative estimate of drug-likeness (QED) is 0.851. The summed E-state index contributed by atoms with van der Waals surface area (Å²) < 4.78 is 0. The first-order valence-corrected chi connectivity index (χ1v) is 8.19. The Morgan fingerprint density at radius 2 is 1.92 bits per heavy atom. The monoisotopic (exact) mass is 380 g/mol. The molecular weight excluding hydrogens is 359 g/mol. The zero-order chi connectivity index (χ0) is 15.6. The van der Waals surface area contributed by atoms with E-state index in [1.54, 1.807) is 6.20 Å². The molecule has 2 aromatic rings. The Bertz CT molecular complexity index is 730. The Morgan fingerprint density at radius 3 is 2.64 bits per heavy atom. The van der Waals surface area contributed by atoms with Crippen molar-refractivity contribution in [2.75, 3.05) is 35.2 Å². The summed E-state index contributed by atoms with van der Waals surface area (Å²) in [5.41, 5.74) is 3.77. The second kappa shape index (κ2) is 8.41. The summed E-state index contributed by atoms with van der Waals surface area (Å²) in [5.74, 6) is 0.902. The number of nitrogens with zero attached hydrogens (tertiary/aromatic N) is 2. The molecule has 0 atom stereocenters. The van der Waals surface area contributed by atoms with E-state index in [0.29, 0.717) is 5.56 Å². The first-order chi connectivity index (χ1) is 11.3. The van der Waals surface area contributed by atoms with E-state index in [4.69, 9.17) is 0 Å². The lowest BCUT2D eigenvalue weighted by Gasteiger charge is -2.16. The Morgan fingerprint density at radius 1 is 1.12 bits per heavy atom. The van der Waals surface area contributed by atoms with E-state index >= 15 is 0 Å². The van der Waals surface area contributed by atoms with E-state index in [0.717, 1.165) is 43.2 Å². The predicted molar refractivity (Wildman–Crippen MR) is 107 cm³/mol. The van der Waals surface area contributed by atoms with Gasteiger partial charge in [-0.25, -0.2) is 4.98 Å². The molecule has 1 aromatic carbocycles. The van der Waals surface area contributed by atoms with Gasteiger partial charge >= 0.3 is 0 Å². The third-order valence-electron chi connectivity index (χ3n) is 4.51. The van der Waals surface area contributed by atoms with Crippen molar-refractivity contribution in [3.63, 3.8) is 0 Å². The molecule has 0 saturated carbocycles. The smallest absolute Gasteiger partial charge is 0.255 e. The maximum Gasteiger partial charge on any atom is 0.255 e. The molecule has 2 N–H and O–H groups in total. The van der Waals surface area contributed by atoms with Gasteiger partial charge in [-0.05, 0) is 55.2 Å². The molecule has 0 aliphatic carbocycles. The molecule has 0 spiro atoms. The molecular formula is C18H22Cl2N4O. The molecule has 7 heteroatoms. The standard InChI is InChI=1S/C18H20N4O.2ClH/c23-18(14-3-5-16-13(11-14)7-8-19-16)21-15-4-6-17(20-12-15)22-9-1-2-10-22;;/h3-6,11-12,19H,1-2,7-10H2,(H,21,23);2*1H. The zero-order valence-electron chi connectivity index (χ0n) is 13.8. The second-order valence-electron chi connectivity index (χ2n) is 6.10. The third kappa shape index (κ3) is 4.17. The van der Waals surface area contributed by atoms with Crippen molar-refractivity contribution in [3.05, 3.63) is 47.7 Å². The lowest BCUT2D eigenvalue weighted by Crippen LogP contribution is -2.19. The van der Waals surface area contributed by atoms with Gasteiger partial charge in [-0.15, -0.1) is 24.8 Å². The van der Waals surface area contributed by atoms with Crippen molar-refractivity contribution in [2.45, 2.75) is 19.3 Å². The SMILES string of the molecule is Cl.Cl.O=C(Nc1ccc(N2CCCC2)nc1)c1ccc2c(c1)CCN2. The fourth-order valence-electron chi connectivity index (χ4n) is 3.24. The average Bonchev–Trinajstić information content (AvgIpc) is 3.26. The number of nitrogens with one attached hydrogen (secondary N) is 2. The highest BCUT2D eigenvalue weighted by molar-refractivity contribution is 6.04. The molecule has 0 bridgehead atoms. The summed E-state index contributed by atoms with van der Waals surface area (Å²) in [6.45, 7) is 3.09. The molecule has 1 saturated heterocycles. The minimum atomic E-state index is -0.0876. The lowest BCUT2D eigenvalue weighted by atomic mass is 10.1. The molecule has 4 rings (SSSR count). The molecule has 0 unspecified atom stereocenters. The van der Waals surface area contributed by atoms with Crippen molar-refractivity contribution in [2.24, 2.45) is 0 Å². The maximum absolute atomic E-state index is 12.4.